The number of carboxylic acid groups (broad SMARTS) is 1. The molecule has 0 unspecified atom stereocenters. The predicted molar refractivity (Wildman–Crippen MR) is 80.6 cm³/mol. The van der Waals surface area contributed by atoms with Crippen molar-refractivity contribution in [3.63, 3.8) is 0 Å². The largest absolute Gasteiger partial charge is 0.478 e. The molecule has 0 aliphatic heterocycles. The summed E-state index contributed by atoms with van der Waals surface area (Å²) in [6.45, 7) is 3.35. The number of aryl methyl sites for hydroxylation is 2. The number of rotatable bonds is 3. The Morgan fingerprint density at radius 2 is 1.65 bits per heavy atom. The first-order valence-electron chi connectivity index (χ1n) is 5.66. The number of carbonyl (C=O) groups is 2. The van der Waals surface area contributed by atoms with Gasteiger partial charge in [0, 0.05) is 5.56 Å². The molecular weight excluding hydrogens is 319 g/mol. The van der Waals surface area contributed by atoms with Crippen LogP contribution in [0.1, 0.15) is 37.4 Å². The number of hydrogen-bond donors (Lipinski definition) is 1. The van der Waals surface area contributed by atoms with Crippen molar-refractivity contribution in [1.29, 1.82) is 0 Å². The van der Waals surface area contributed by atoms with Crippen molar-refractivity contribution in [1.82, 2.24) is 0 Å². The van der Waals surface area contributed by atoms with Crippen LogP contribution in [0, 0.1) is 13.8 Å². The Hall–Kier alpha value is -1.36. The van der Waals surface area contributed by atoms with Crippen molar-refractivity contribution < 1.29 is 14.7 Å². The second-order valence-electron chi connectivity index (χ2n) is 4.32. The predicted octanol–water partition coefficient (Wildman–Crippen LogP) is 4.60. The minimum Gasteiger partial charge on any atom is -0.478 e. The summed E-state index contributed by atoms with van der Waals surface area (Å²) in [5.74, 6) is -1.55. The van der Waals surface area contributed by atoms with Gasteiger partial charge in [0.1, 0.15) is 4.34 Å². The summed E-state index contributed by atoms with van der Waals surface area (Å²) in [7, 11) is 0. The van der Waals surface area contributed by atoms with Crippen LogP contribution in [0.15, 0.2) is 18.2 Å². The summed E-state index contributed by atoms with van der Waals surface area (Å²) in [5.41, 5.74) is 1.53. The molecule has 0 radical (unpaired) electrons. The summed E-state index contributed by atoms with van der Waals surface area (Å²) in [6, 6.07) is 4.86. The lowest BCUT2D eigenvalue weighted by Gasteiger charge is -2.11. The molecule has 0 amide bonds. The molecule has 1 aromatic carbocycles. The Labute approximate surface area is 129 Å². The SMILES string of the molecule is Cc1ccc(C)c(C(=O)c2cc(Cl)sc2Cl)c1C(=O)O. The van der Waals surface area contributed by atoms with Gasteiger partial charge in [-0.1, -0.05) is 35.3 Å². The number of carbonyl (C=O) groups excluding carboxylic acids is 1. The first-order chi connectivity index (χ1) is 9.32. The van der Waals surface area contributed by atoms with Crippen LogP contribution in [0.4, 0.5) is 0 Å². The molecule has 1 heterocycles. The standard InChI is InChI=1S/C14H10Cl2O3S/c1-6-3-4-7(2)11(14(18)19)10(6)12(17)8-5-9(15)20-13(8)16/h3-5H,1-2H3,(H,18,19). The van der Waals surface area contributed by atoms with Crippen LogP contribution >= 0.6 is 34.5 Å². The van der Waals surface area contributed by atoms with Gasteiger partial charge >= 0.3 is 5.97 Å². The fourth-order valence-electron chi connectivity index (χ4n) is 2.01. The number of hydrogen-bond acceptors (Lipinski definition) is 3. The smallest absolute Gasteiger partial charge is 0.336 e. The zero-order valence-corrected chi connectivity index (χ0v) is 13.0. The zero-order valence-electron chi connectivity index (χ0n) is 10.7. The Bertz CT molecular complexity index is 719. The normalized spacial score (nSPS) is 10.6. The van der Waals surface area contributed by atoms with Gasteiger partial charge < -0.3 is 5.11 Å². The van der Waals surface area contributed by atoms with Crippen molar-refractivity contribution >= 4 is 46.3 Å². The van der Waals surface area contributed by atoms with Crippen LogP contribution in [0.5, 0.6) is 0 Å². The highest BCUT2D eigenvalue weighted by atomic mass is 35.5. The van der Waals surface area contributed by atoms with Gasteiger partial charge in [0.25, 0.3) is 0 Å². The van der Waals surface area contributed by atoms with Crippen molar-refractivity contribution in [3.05, 3.63) is 54.7 Å². The zero-order chi connectivity index (χ0) is 15.0. The molecule has 2 rings (SSSR count). The lowest BCUT2D eigenvalue weighted by atomic mass is 9.92. The first kappa shape index (κ1) is 15.0. The van der Waals surface area contributed by atoms with E-state index in [1.807, 2.05) is 0 Å². The Morgan fingerprint density at radius 1 is 1.10 bits per heavy atom. The van der Waals surface area contributed by atoms with Crippen LogP contribution in [-0.2, 0) is 0 Å². The Balaban J connectivity index is 2.69. The third-order valence-corrected chi connectivity index (χ3v) is 4.45. The molecular formula is C14H10Cl2O3S. The van der Waals surface area contributed by atoms with Crippen LogP contribution in [0.3, 0.4) is 0 Å². The number of thiophene rings is 1. The Morgan fingerprint density at radius 3 is 2.10 bits per heavy atom. The van der Waals surface area contributed by atoms with Gasteiger partial charge in [0.05, 0.1) is 15.5 Å². The lowest BCUT2D eigenvalue weighted by Crippen LogP contribution is -2.13. The summed E-state index contributed by atoms with van der Waals surface area (Å²) in [6.07, 6.45) is 0. The third kappa shape index (κ3) is 2.59. The van der Waals surface area contributed by atoms with E-state index in [1.54, 1.807) is 26.0 Å². The summed E-state index contributed by atoms with van der Waals surface area (Å²) in [5, 5.41) is 9.33. The first-order valence-corrected chi connectivity index (χ1v) is 7.23. The van der Waals surface area contributed by atoms with Gasteiger partial charge in [-0.2, -0.15) is 0 Å². The van der Waals surface area contributed by atoms with E-state index >= 15 is 0 Å². The molecule has 2 aromatic rings. The van der Waals surface area contributed by atoms with Gasteiger partial charge in [0.15, 0.2) is 5.78 Å². The number of carboxylic acids is 1. The van der Waals surface area contributed by atoms with Gasteiger partial charge in [0.2, 0.25) is 0 Å². The Kier molecular flexibility index (Phi) is 4.18. The third-order valence-electron chi connectivity index (χ3n) is 2.96. The lowest BCUT2D eigenvalue weighted by molar-refractivity contribution is 0.0692. The van der Waals surface area contributed by atoms with E-state index in [0.717, 1.165) is 11.3 Å². The molecule has 0 aliphatic carbocycles. The quantitative estimate of drug-likeness (QED) is 0.837. The van der Waals surface area contributed by atoms with E-state index in [1.165, 1.54) is 6.07 Å². The van der Waals surface area contributed by atoms with Gasteiger partial charge in [-0.15, -0.1) is 11.3 Å². The number of halogens is 2. The van der Waals surface area contributed by atoms with E-state index in [4.69, 9.17) is 23.2 Å². The highest BCUT2D eigenvalue weighted by Crippen LogP contribution is 2.34. The van der Waals surface area contributed by atoms with Crippen LogP contribution in [-0.4, -0.2) is 16.9 Å². The minimum absolute atomic E-state index is 0.00777. The molecule has 0 fully saturated rings. The molecule has 0 aliphatic rings. The molecule has 20 heavy (non-hydrogen) atoms. The number of ketones is 1. The van der Waals surface area contributed by atoms with Crippen molar-refractivity contribution in [2.45, 2.75) is 13.8 Å². The average Bonchev–Trinajstić information content (AvgIpc) is 2.69. The highest BCUT2D eigenvalue weighted by molar-refractivity contribution is 7.20. The second-order valence-corrected chi connectivity index (χ2v) is 6.61. The molecule has 0 saturated carbocycles. The molecule has 1 N–H and O–H groups in total. The van der Waals surface area contributed by atoms with Crippen molar-refractivity contribution in [3.8, 4) is 0 Å². The fraction of sp³-hybridized carbons (Fsp3) is 0.143. The maximum atomic E-state index is 12.6. The molecule has 1 aromatic heterocycles. The summed E-state index contributed by atoms with van der Waals surface area (Å²) < 4.78 is 0.651. The van der Waals surface area contributed by atoms with Crippen molar-refractivity contribution in [2.24, 2.45) is 0 Å². The molecule has 0 saturated heterocycles. The van der Waals surface area contributed by atoms with E-state index in [0.29, 0.717) is 15.5 Å². The summed E-state index contributed by atoms with van der Waals surface area (Å²) in [4.78, 5) is 24.0. The van der Waals surface area contributed by atoms with E-state index < -0.39 is 11.8 Å². The van der Waals surface area contributed by atoms with Gasteiger partial charge in [-0.25, -0.2) is 4.79 Å². The molecule has 0 spiro atoms. The van der Waals surface area contributed by atoms with Gasteiger partial charge in [-0.3, -0.25) is 4.79 Å². The highest BCUT2D eigenvalue weighted by Gasteiger charge is 2.24. The molecule has 0 atom stereocenters. The number of benzene rings is 1. The summed E-state index contributed by atoms with van der Waals surface area (Å²) >= 11 is 12.9. The average molecular weight is 329 g/mol. The van der Waals surface area contributed by atoms with Gasteiger partial charge in [-0.05, 0) is 31.0 Å². The minimum atomic E-state index is -1.13. The van der Waals surface area contributed by atoms with Crippen LogP contribution in [0.2, 0.25) is 8.67 Å². The number of aromatic carboxylic acids is 1. The topological polar surface area (TPSA) is 54.4 Å². The van der Waals surface area contributed by atoms with Crippen LogP contribution < -0.4 is 0 Å². The fourth-order valence-corrected chi connectivity index (χ4v) is 3.47. The molecule has 6 heteroatoms. The van der Waals surface area contributed by atoms with E-state index in [9.17, 15) is 14.7 Å². The molecule has 3 nitrogen and oxygen atoms in total. The van der Waals surface area contributed by atoms with E-state index in [-0.39, 0.29) is 21.0 Å². The molecule has 104 valence electrons. The molecule has 0 bridgehead atoms. The second kappa shape index (κ2) is 5.56. The maximum absolute atomic E-state index is 12.6. The van der Waals surface area contributed by atoms with Crippen molar-refractivity contribution in [2.75, 3.05) is 0 Å². The maximum Gasteiger partial charge on any atom is 0.336 e. The monoisotopic (exact) mass is 328 g/mol. The van der Waals surface area contributed by atoms with E-state index in [2.05, 4.69) is 0 Å². The van der Waals surface area contributed by atoms with Crippen LogP contribution in [0.25, 0.3) is 0 Å².